The van der Waals surface area contributed by atoms with E-state index in [4.69, 9.17) is 10.5 Å². The third kappa shape index (κ3) is 3.42. The van der Waals surface area contributed by atoms with Crippen LogP contribution in [0.15, 0.2) is 0 Å². The number of nitrogens with zero attached hydrogens (tertiary/aromatic N) is 1. The Bertz CT molecular complexity index is 356. The quantitative estimate of drug-likeness (QED) is 0.846. The van der Waals surface area contributed by atoms with Gasteiger partial charge in [-0.2, -0.15) is 0 Å². The Hall–Kier alpha value is -0.610. The van der Waals surface area contributed by atoms with Crippen LogP contribution in [-0.4, -0.2) is 43.2 Å². The second-order valence-corrected chi connectivity index (χ2v) is 7.29. The highest BCUT2D eigenvalue weighted by molar-refractivity contribution is 5.83. The van der Waals surface area contributed by atoms with Gasteiger partial charge in [-0.25, -0.2) is 0 Å². The fraction of sp³-hybridized carbons (Fsp3) is 0.941. The van der Waals surface area contributed by atoms with Gasteiger partial charge in [0, 0.05) is 32.3 Å². The lowest BCUT2D eigenvalue weighted by atomic mass is 9.78. The van der Waals surface area contributed by atoms with E-state index in [1.165, 1.54) is 44.9 Å². The third-order valence-electron chi connectivity index (χ3n) is 5.72. The number of hydrogen-bond acceptors (Lipinski definition) is 3. The Kier molecular flexibility index (Phi) is 4.85. The minimum Gasteiger partial charge on any atom is -0.381 e. The van der Waals surface area contributed by atoms with Crippen molar-refractivity contribution in [2.24, 2.45) is 17.1 Å². The molecular weight excluding hydrogens is 264 g/mol. The maximum atomic E-state index is 13.2. The number of amides is 1. The molecule has 2 saturated carbocycles. The van der Waals surface area contributed by atoms with E-state index in [0.717, 1.165) is 25.3 Å². The predicted molar refractivity (Wildman–Crippen MR) is 82.9 cm³/mol. The molecule has 0 aromatic heterocycles. The predicted octanol–water partition coefficient (Wildman–Crippen LogP) is 2.31. The molecule has 1 heterocycles. The summed E-state index contributed by atoms with van der Waals surface area (Å²) < 4.78 is 5.46. The van der Waals surface area contributed by atoms with Gasteiger partial charge < -0.3 is 15.4 Å². The van der Waals surface area contributed by atoms with Crippen molar-refractivity contribution in [1.82, 2.24) is 4.90 Å². The number of ether oxygens (including phenoxy) is 1. The second kappa shape index (κ2) is 6.66. The minimum atomic E-state index is -0.338. The van der Waals surface area contributed by atoms with Crippen LogP contribution in [0.1, 0.15) is 57.8 Å². The molecule has 0 aromatic rings. The molecule has 4 heteroatoms. The molecule has 2 aliphatic carbocycles. The van der Waals surface area contributed by atoms with Gasteiger partial charge in [0.15, 0.2) is 0 Å². The van der Waals surface area contributed by atoms with E-state index in [1.54, 1.807) is 0 Å². The molecule has 1 amide bonds. The maximum Gasteiger partial charge on any atom is 0.230 e. The normalized spacial score (nSPS) is 26.5. The van der Waals surface area contributed by atoms with Gasteiger partial charge in [-0.1, -0.05) is 19.3 Å². The van der Waals surface area contributed by atoms with Crippen LogP contribution >= 0.6 is 0 Å². The Labute approximate surface area is 128 Å². The summed E-state index contributed by atoms with van der Waals surface area (Å²) in [6.45, 7) is 2.82. The first-order valence-electron chi connectivity index (χ1n) is 8.84. The lowest BCUT2D eigenvalue weighted by Crippen LogP contribution is -2.52. The monoisotopic (exact) mass is 294 g/mol. The van der Waals surface area contributed by atoms with Crippen molar-refractivity contribution >= 4 is 5.91 Å². The first kappa shape index (κ1) is 15.3. The SMILES string of the molecule is NCC1(C(=O)N(CC2CCCCC2)C2CC2)CCOCC1. The zero-order chi connectivity index (χ0) is 14.7. The van der Waals surface area contributed by atoms with Crippen LogP contribution in [0.4, 0.5) is 0 Å². The lowest BCUT2D eigenvalue weighted by molar-refractivity contribution is -0.148. The standard InChI is InChI=1S/C17H30N2O2/c18-13-17(8-10-21-11-9-17)16(20)19(15-6-7-15)12-14-4-2-1-3-5-14/h14-15H,1-13,18H2. The van der Waals surface area contributed by atoms with Crippen molar-refractivity contribution in [3.63, 3.8) is 0 Å². The Morgan fingerprint density at radius 1 is 1.10 bits per heavy atom. The van der Waals surface area contributed by atoms with Gasteiger partial charge in [-0.15, -0.1) is 0 Å². The van der Waals surface area contributed by atoms with Crippen LogP contribution in [0, 0.1) is 11.3 Å². The van der Waals surface area contributed by atoms with Gasteiger partial charge >= 0.3 is 0 Å². The third-order valence-corrected chi connectivity index (χ3v) is 5.72. The largest absolute Gasteiger partial charge is 0.381 e. The average Bonchev–Trinajstić information content (AvgIpc) is 3.38. The van der Waals surface area contributed by atoms with Crippen molar-refractivity contribution in [2.75, 3.05) is 26.3 Å². The molecule has 0 unspecified atom stereocenters. The van der Waals surface area contributed by atoms with E-state index in [2.05, 4.69) is 4.90 Å². The smallest absolute Gasteiger partial charge is 0.230 e. The number of carbonyl (C=O) groups excluding carboxylic acids is 1. The average molecular weight is 294 g/mol. The zero-order valence-corrected chi connectivity index (χ0v) is 13.2. The van der Waals surface area contributed by atoms with Crippen LogP contribution < -0.4 is 5.73 Å². The first-order valence-corrected chi connectivity index (χ1v) is 8.84. The summed E-state index contributed by atoms with van der Waals surface area (Å²) in [5.41, 5.74) is 5.69. The summed E-state index contributed by atoms with van der Waals surface area (Å²) in [6.07, 6.45) is 10.6. The summed E-state index contributed by atoms with van der Waals surface area (Å²) in [6, 6.07) is 0.505. The Morgan fingerprint density at radius 3 is 2.33 bits per heavy atom. The zero-order valence-electron chi connectivity index (χ0n) is 13.2. The molecule has 1 saturated heterocycles. The van der Waals surface area contributed by atoms with E-state index in [-0.39, 0.29) is 5.41 Å². The summed E-state index contributed by atoms with van der Waals surface area (Å²) in [7, 11) is 0. The van der Waals surface area contributed by atoms with E-state index in [9.17, 15) is 4.79 Å². The number of nitrogens with two attached hydrogens (primary N) is 1. The molecular formula is C17H30N2O2. The minimum absolute atomic E-state index is 0.335. The fourth-order valence-corrected chi connectivity index (χ4v) is 4.00. The molecule has 21 heavy (non-hydrogen) atoms. The van der Waals surface area contributed by atoms with E-state index < -0.39 is 0 Å². The molecule has 0 radical (unpaired) electrons. The molecule has 3 rings (SSSR count). The first-order chi connectivity index (χ1) is 10.2. The molecule has 0 atom stereocenters. The van der Waals surface area contributed by atoms with Crippen molar-refractivity contribution in [1.29, 1.82) is 0 Å². The molecule has 3 fully saturated rings. The molecule has 0 bridgehead atoms. The van der Waals surface area contributed by atoms with Crippen molar-refractivity contribution in [3.8, 4) is 0 Å². The highest BCUT2D eigenvalue weighted by Crippen LogP contribution is 2.38. The van der Waals surface area contributed by atoms with Crippen molar-refractivity contribution < 1.29 is 9.53 Å². The molecule has 1 aliphatic heterocycles. The van der Waals surface area contributed by atoms with E-state index >= 15 is 0 Å². The summed E-state index contributed by atoms with van der Waals surface area (Å²) in [5, 5.41) is 0. The Morgan fingerprint density at radius 2 is 1.76 bits per heavy atom. The van der Waals surface area contributed by atoms with Gasteiger partial charge in [0.2, 0.25) is 5.91 Å². The molecule has 0 aromatic carbocycles. The fourth-order valence-electron chi connectivity index (χ4n) is 4.00. The van der Waals surface area contributed by atoms with Gasteiger partial charge in [0.25, 0.3) is 0 Å². The van der Waals surface area contributed by atoms with E-state index in [0.29, 0.717) is 31.7 Å². The highest BCUT2D eigenvalue weighted by Gasteiger charge is 2.45. The van der Waals surface area contributed by atoms with Crippen molar-refractivity contribution in [2.45, 2.75) is 63.8 Å². The molecule has 2 N–H and O–H groups in total. The summed E-state index contributed by atoms with van der Waals surface area (Å²) >= 11 is 0. The van der Waals surface area contributed by atoms with Crippen LogP contribution in [0.5, 0.6) is 0 Å². The molecule has 4 nitrogen and oxygen atoms in total. The van der Waals surface area contributed by atoms with Crippen LogP contribution in [0.2, 0.25) is 0 Å². The van der Waals surface area contributed by atoms with E-state index in [1.807, 2.05) is 0 Å². The number of carbonyl (C=O) groups is 1. The summed E-state index contributed by atoms with van der Waals surface area (Å²) in [5.74, 6) is 1.05. The van der Waals surface area contributed by atoms with Crippen molar-refractivity contribution in [3.05, 3.63) is 0 Å². The lowest BCUT2D eigenvalue weighted by Gasteiger charge is -2.40. The second-order valence-electron chi connectivity index (χ2n) is 7.29. The number of rotatable bonds is 5. The van der Waals surface area contributed by atoms with Gasteiger partial charge in [0.05, 0.1) is 5.41 Å². The molecule has 120 valence electrons. The molecule has 0 spiro atoms. The topological polar surface area (TPSA) is 55.6 Å². The number of hydrogen-bond donors (Lipinski definition) is 1. The molecule has 3 aliphatic rings. The van der Waals surface area contributed by atoms with Crippen LogP contribution in [0.25, 0.3) is 0 Å². The van der Waals surface area contributed by atoms with Gasteiger partial charge in [-0.05, 0) is 44.4 Å². The van der Waals surface area contributed by atoms with Crippen LogP contribution in [0.3, 0.4) is 0 Å². The highest BCUT2D eigenvalue weighted by atomic mass is 16.5. The maximum absolute atomic E-state index is 13.2. The van der Waals surface area contributed by atoms with Gasteiger partial charge in [0.1, 0.15) is 0 Å². The van der Waals surface area contributed by atoms with Crippen LogP contribution in [-0.2, 0) is 9.53 Å². The summed E-state index contributed by atoms with van der Waals surface area (Å²) in [4.78, 5) is 15.4. The Balaban J connectivity index is 1.68. The van der Waals surface area contributed by atoms with Gasteiger partial charge in [-0.3, -0.25) is 4.79 Å².